The van der Waals surface area contributed by atoms with E-state index in [1.165, 1.54) is 0 Å². The number of hydrogen-bond donors (Lipinski definition) is 2. The Morgan fingerprint density at radius 1 is 0.900 bits per heavy atom. The normalized spacial score (nSPS) is 9.30. The standard InChI is InChI=1S/2C4H6N4O2/c2*1-2-10-4(9)3-5-7-8-6-3/h2*2H2,1H3,(H,5,6,7,8). The molecule has 0 aromatic carbocycles. The third kappa shape index (κ3) is 4.75. The number of esters is 2. The van der Waals surface area contributed by atoms with Gasteiger partial charge in [0.1, 0.15) is 0 Å². The van der Waals surface area contributed by atoms with Crippen molar-refractivity contribution in [2.75, 3.05) is 13.2 Å². The van der Waals surface area contributed by atoms with Crippen LogP contribution >= 0.6 is 0 Å². The van der Waals surface area contributed by atoms with Crippen LogP contribution in [-0.4, -0.2) is 66.4 Å². The van der Waals surface area contributed by atoms with Gasteiger partial charge in [0.15, 0.2) is 0 Å². The number of carbonyl (C=O) groups is 2. The van der Waals surface area contributed by atoms with Gasteiger partial charge in [0.05, 0.1) is 13.2 Å². The van der Waals surface area contributed by atoms with Crippen molar-refractivity contribution in [1.29, 1.82) is 0 Å². The molecule has 108 valence electrons. The predicted molar refractivity (Wildman–Crippen MR) is 60.3 cm³/mol. The molecule has 20 heavy (non-hydrogen) atoms. The molecule has 0 amide bonds. The Labute approximate surface area is 112 Å². The minimum atomic E-state index is -0.559. The summed E-state index contributed by atoms with van der Waals surface area (Å²) < 4.78 is 9.12. The van der Waals surface area contributed by atoms with Gasteiger partial charge in [-0.1, -0.05) is 0 Å². The van der Waals surface area contributed by atoms with Gasteiger partial charge in [0.2, 0.25) is 0 Å². The fraction of sp³-hybridized carbons (Fsp3) is 0.500. The molecular formula is C8H12N8O4. The Bertz CT molecular complexity index is 462. The highest BCUT2D eigenvalue weighted by atomic mass is 16.5. The number of tetrazole rings is 2. The molecule has 0 aliphatic carbocycles. The van der Waals surface area contributed by atoms with Crippen LogP contribution < -0.4 is 0 Å². The lowest BCUT2D eigenvalue weighted by Gasteiger charge is -1.92. The molecule has 0 saturated carbocycles. The van der Waals surface area contributed by atoms with Crippen LogP contribution in [0.1, 0.15) is 35.1 Å². The van der Waals surface area contributed by atoms with Crippen molar-refractivity contribution in [3.05, 3.63) is 11.6 Å². The molecule has 2 rings (SSSR count). The van der Waals surface area contributed by atoms with Gasteiger partial charge in [-0.05, 0) is 24.3 Å². The molecule has 2 aromatic heterocycles. The third-order valence-electron chi connectivity index (χ3n) is 1.61. The van der Waals surface area contributed by atoms with Crippen molar-refractivity contribution < 1.29 is 19.1 Å². The number of H-pyrrole nitrogens is 2. The minimum Gasteiger partial charge on any atom is -0.460 e. The zero-order valence-electron chi connectivity index (χ0n) is 10.7. The van der Waals surface area contributed by atoms with Gasteiger partial charge in [0, 0.05) is 0 Å². The summed E-state index contributed by atoms with van der Waals surface area (Å²) in [5, 5.41) is 24.3. The van der Waals surface area contributed by atoms with Crippen molar-refractivity contribution in [3.63, 3.8) is 0 Å². The van der Waals surface area contributed by atoms with E-state index in [-0.39, 0.29) is 11.6 Å². The first-order valence-electron chi connectivity index (χ1n) is 5.50. The molecule has 0 fully saturated rings. The van der Waals surface area contributed by atoms with Gasteiger partial charge >= 0.3 is 11.9 Å². The average Bonchev–Trinajstić information content (AvgIpc) is 3.14. The number of carbonyl (C=O) groups excluding carboxylic acids is 2. The first-order valence-corrected chi connectivity index (χ1v) is 5.50. The Morgan fingerprint density at radius 2 is 1.30 bits per heavy atom. The number of aromatic nitrogens is 8. The minimum absolute atomic E-state index is 0.0400. The third-order valence-corrected chi connectivity index (χ3v) is 1.61. The second kappa shape index (κ2) is 8.23. The lowest BCUT2D eigenvalue weighted by atomic mass is 10.6. The van der Waals surface area contributed by atoms with Gasteiger partial charge in [-0.2, -0.15) is 10.4 Å². The summed E-state index contributed by atoms with van der Waals surface area (Å²) in [6.07, 6.45) is 0. The topological polar surface area (TPSA) is 162 Å². The van der Waals surface area contributed by atoms with Gasteiger partial charge in [-0.25, -0.2) is 9.59 Å². The van der Waals surface area contributed by atoms with Crippen LogP contribution in [0.4, 0.5) is 0 Å². The lowest BCUT2D eigenvalue weighted by Crippen LogP contribution is -2.06. The van der Waals surface area contributed by atoms with Crippen molar-refractivity contribution in [3.8, 4) is 0 Å². The fourth-order valence-corrected chi connectivity index (χ4v) is 0.888. The molecule has 12 nitrogen and oxygen atoms in total. The smallest absolute Gasteiger partial charge is 0.380 e. The van der Waals surface area contributed by atoms with Crippen LogP contribution in [0.15, 0.2) is 0 Å². The zero-order chi connectivity index (χ0) is 14.8. The van der Waals surface area contributed by atoms with Crippen molar-refractivity contribution in [1.82, 2.24) is 41.2 Å². The molecule has 2 heterocycles. The molecule has 0 atom stereocenters. The molecule has 0 bridgehead atoms. The summed E-state index contributed by atoms with van der Waals surface area (Å²) in [7, 11) is 0. The first kappa shape index (κ1) is 15.1. The number of nitrogens with zero attached hydrogens (tertiary/aromatic N) is 6. The quantitative estimate of drug-likeness (QED) is 0.648. The number of rotatable bonds is 4. The van der Waals surface area contributed by atoms with Crippen LogP contribution in [-0.2, 0) is 9.47 Å². The summed E-state index contributed by atoms with van der Waals surface area (Å²) in [5.74, 6) is -1.20. The van der Waals surface area contributed by atoms with E-state index in [9.17, 15) is 9.59 Å². The predicted octanol–water partition coefficient (Wildman–Crippen LogP) is -1.25. The maximum Gasteiger partial charge on any atom is 0.380 e. The van der Waals surface area contributed by atoms with E-state index in [1.807, 2.05) is 0 Å². The Morgan fingerprint density at radius 3 is 1.55 bits per heavy atom. The Hall–Kier alpha value is -2.92. The molecule has 0 aliphatic heterocycles. The number of hydrogen-bond acceptors (Lipinski definition) is 10. The first-order chi connectivity index (χ1) is 9.69. The molecule has 0 unspecified atom stereocenters. The van der Waals surface area contributed by atoms with E-state index in [4.69, 9.17) is 0 Å². The highest BCUT2D eigenvalue weighted by Crippen LogP contribution is 1.88. The van der Waals surface area contributed by atoms with Crippen LogP contribution in [0.5, 0.6) is 0 Å². The molecule has 0 radical (unpaired) electrons. The van der Waals surface area contributed by atoms with Crippen molar-refractivity contribution in [2.24, 2.45) is 0 Å². The van der Waals surface area contributed by atoms with E-state index in [0.717, 1.165) is 0 Å². The molecule has 0 spiro atoms. The summed E-state index contributed by atoms with van der Waals surface area (Å²) in [5.41, 5.74) is 0. The highest BCUT2D eigenvalue weighted by Gasteiger charge is 2.10. The fourth-order valence-electron chi connectivity index (χ4n) is 0.888. The maximum absolute atomic E-state index is 10.7. The monoisotopic (exact) mass is 284 g/mol. The van der Waals surface area contributed by atoms with Crippen LogP contribution in [0.25, 0.3) is 0 Å². The summed E-state index contributed by atoms with van der Waals surface area (Å²) in [4.78, 5) is 21.4. The summed E-state index contributed by atoms with van der Waals surface area (Å²) in [6.45, 7) is 4.04. The number of ether oxygens (including phenoxy) is 2. The molecule has 0 saturated heterocycles. The van der Waals surface area contributed by atoms with E-state index in [1.54, 1.807) is 13.8 Å². The summed E-state index contributed by atoms with van der Waals surface area (Å²) >= 11 is 0. The van der Waals surface area contributed by atoms with Gasteiger partial charge in [-0.15, -0.1) is 20.4 Å². The average molecular weight is 284 g/mol. The van der Waals surface area contributed by atoms with E-state index in [0.29, 0.717) is 13.2 Å². The van der Waals surface area contributed by atoms with Crippen LogP contribution in [0.3, 0.4) is 0 Å². The number of nitrogens with one attached hydrogen (secondary N) is 2. The molecule has 2 aromatic rings. The second-order valence-electron chi connectivity index (χ2n) is 2.91. The molecular weight excluding hydrogens is 272 g/mol. The van der Waals surface area contributed by atoms with Crippen molar-refractivity contribution in [2.45, 2.75) is 13.8 Å². The largest absolute Gasteiger partial charge is 0.460 e. The van der Waals surface area contributed by atoms with Crippen molar-refractivity contribution >= 4 is 11.9 Å². The zero-order valence-corrected chi connectivity index (χ0v) is 10.7. The highest BCUT2D eigenvalue weighted by molar-refractivity contribution is 5.84. The Balaban J connectivity index is 0.000000200. The molecule has 2 N–H and O–H groups in total. The van der Waals surface area contributed by atoms with Gasteiger partial charge in [-0.3, -0.25) is 0 Å². The van der Waals surface area contributed by atoms with Crippen LogP contribution in [0, 0.1) is 0 Å². The SMILES string of the molecule is CCOC(=O)c1nn[nH]n1.CCOC(=O)c1nn[nH]n1. The molecule has 12 heteroatoms. The van der Waals surface area contributed by atoms with Gasteiger partial charge < -0.3 is 9.47 Å². The number of aromatic amines is 2. The maximum atomic E-state index is 10.7. The van der Waals surface area contributed by atoms with Gasteiger partial charge in [0.25, 0.3) is 11.6 Å². The summed E-state index contributed by atoms with van der Waals surface area (Å²) in [6, 6.07) is 0. The Kier molecular flexibility index (Phi) is 6.23. The lowest BCUT2D eigenvalue weighted by molar-refractivity contribution is 0.0502. The second-order valence-corrected chi connectivity index (χ2v) is 2.91. The van der Waals surface area contributed by atoms with E-state index < -0.39 is 11.9 Å². The van der Waals surface area contributed by atoms with E-state index >= 15 is 0 Å². The van der Waals surface area contributed by atoms with E-state index in [2.05, 4.69) is 50.7 Å². The van der Waals surface area contributed by atoms with Crippen LogP contribution in [0.2, 0.25) is 0 Å². The molecule has 0 aliphatic rings.